The Morgan fingerprint density at radius 1 is 0.758 bits per heavy atom. The van der Waals surface area contributed by atoms with Gasteiger partial charge in [-0.1, -0.05) is 75.9 Å². The molecule has 0 amide bonds. The predicted molar refractivity (Wildman–Crippen MR) is 136 cm³/mol. The number of aryl methyl sites for hydroxylation is 3. The summed E-state index contributed by atoms with van der Waals surface area (Å²) < 4.78 is 29.4. The van der Waals surface area contributed by atoms with Gasteiger partial charge < -0.3 is 0 Å². The van der Waals surface area contributed by atoms with Gasteiger partial charge in [0.15, 0.2) is 11.6 Å². The Morgan fingerprint density at radius 3 is 2.18 bits per heavy atom. The molecule has 4 rings (SSSR count). The topological polar surface area (TPSA) is 0 Å². The molecular formula is C31H38F2. The van der Waals surface area contributed by atoms with Gasteiger partial charge in [-0.3, -0.25) is 0 Å². The van der Waals surface area contributed by atoms with Crippen molar-refractivity contribution in [3.8, 4) is 0 Å². The van der Waals surface area contributed by atoms with Crippen LogP contribution in [0.5, 0.6) is 0 Å². The van der Waals surface area contributed by atoms with E-state index in [2.05, 4.69) is 31.2 Å². The van der Waals surface area contributed by atoms with Gasteiger partial charge in [-0.25, -0.2) is 8.78 Å². The molecule has 2 heteroatoms. The first-order chi connectivity index (χ1) is 16.1. The van der Waals surface area contributed by atoms with Crippen molar-refractivity contribution in [2.75, 3.05) is 0 Å². The Bertz CT molecular complexity index is 1040. The molecule has 1 saturated carbocycles. The van der Waals surface area contributed by atoms with E-state index in [1.807, 2.05) is 25.1 Å². The van der Waals surface area contributed by atoms with Crippen LogP contribution >= 0.6 is 0 Å². The second-order valence-electron chi connectivity index (χ2n) is 10.0. The number of fused-ring (bicyclic) bond motifs is 1. The zero-order valence-electron chi connectivity index (χ0n) is 20.3. The molecule has 0 aromatic heterocycles. The second kappa shape index (κ2) is 11.3. The highest BCUT2D eigenvalue weighted by atomic mass is 19.2. The molecule has 0 N–H and O–H groups in total. The molecule has 0 spiro atoms. The molecule has 3 aromatic rings. The van der Waals surface area contributed by atoms with Crippen LogP contribution < -0.4 is 0 Å². The second-order valence-corrected chi connectivity index (χ2v) is 10.0. The molecule has 176 valence electrons. The highest BCUT2D eigenvalue weighted by Gasteiger charge is 2.22. The third-order valence-corrected chi connectivity index (χ3v) is 7.76. The summed E-state index contributed by atoms with van der Waals surface area (Å²) in [6.07, 6.45) is 12.9. The van der Waals surface area contributed by atoms with Crippen molar-refractivity contribution in [3.63, 3.8) is 0 Å². The van der Waals surface area contributed by atoms with Crippen LogP contribution in [-0.2, 0) is 19.3 Å². The highest BCUT2D eigenvalue weighted by Crippen LogP contribution is 2.38. The third kappa shape index (κ3) is 5.83. The van der Waals surface area contributed by atoms with Crippen molar-refractivity contribution in [1.82, 2.24) is 0 Å². The Kier molecular flexibility index (Phi) is 8.17. The predicted octanol–water partition coefficient (Wildman–Crippen LogP) is 9.32. The quantitative estimate of drug-likeness (QED) is 0.286. The lowest BCUT2D eigenvalue weighted by Crippen LogP contribution is -2.13. The van der Waals surface area contributed by atoms with Crippen molar-refractivity contribution in [1.29, 1.82) is 0 Å². The number of rotatable bonds is 9. The van der Waals surface area contributed by atoms with Crippen LogP contribution in [0.3, 0.4) is 0 Å². The zero-order valence-corrected chi connectivity index (χ0v) is 20.3. The van der Waals surface area contributed by atoms with Gasteiger partial charge in [0.25, 0.3) is 0 Å². The van der Waals surface area contributed by atoms with Crippen LogP contribution in [0.2, 0.25) is 0 Å². The fourth-order valence-electron chi connectivity index (χ4n) is 5.53. The lowest BCUT2D eigenvalue weighted by Gasteiger charge is -2.29. The lowest BCUT2D eigenvalue weighted by atomic mass is 9.77. The summed E-state index contributed by atoms with van der Waals surface area (Å²) >= 11 is 0. The zero-order chi connectivity index (χ0) is 23.2. The van der Waals surface area contributed by atoms with Crippen LogP contribution in [0, 0.1) is 17.6 Å². The minimum atomic E-state index is -0.710. The minimum absolute atomic E-state index is 0.389. The van der Waals surface area contributed by atoms with Crippen molar-refractivity contribution >= 4 is 10.8 Å². The van der Waals surface area contributed by atoms with Crippen LogP contribution in [0.1, 0.15) is 93.4 Å². The molecule has 0 nitrogen and oxygen atoms in total. The van der Waals surface area contributed by atoms with E-state index in [0.717, 1.165) is 29.7 Å². The van der Waals surface area contributed by atoms with E-state index in [1.165, 1.54) is 62.5 Å². The lowest BCUT2D eigenvalue weighted by molar-refractivity contribution is 0.303. The highest BCUT2D eigenvalue weighted by molar-refractivity contribution is 5.84. The fraction of sp³-hybridized carbons (Fsp3) is 0.484. The summed E-state index contributed by atoms with van der Waals surface area (Å²) in [7, 11) is 0. The van der Waals surface area contributed by atoms with Gasteiger partial charge in [0.1, 0.15) is 0 Å². The molecule has 0 saturated heterocycles. The smallest absolute Gasteiger partial charge is 0.166 e. The van der Waals surface area contributed by atoms with Crippen molar-refractivity contribution < 1.29 is 8.78 Å². The summed E-state index contributed by atoms with van der Waals surface area (Å²) in [6, 6.07) is 16.4. The molecule has 33 heavy (non-hydrogen) atoms. The Balaban J connectivity index is 1.35. The average Bonchev–Trinajstić information content (AvgIpc) is 2.86. The molecule has 3 aromatic carbocycles. The van der Waals surface area contributed by atoms with Gasteiger partial charge in [-0.15, -0.1) is 0 Å². The minimum Gasteiger partial charge on any atom is -0.203 e. The summed E-state index contributed by atoms with van der Waals surface area (Å²) in [5.41, 5.74) is 4.13. The van der Waals surface area contributed by atoms with Gasteiger partial charge >= 0.3 is 0 Å². The van der Waals surface area contributed by atoms with Crippen LogP contribution in [0.4, 0.5) is 8.78 Å². The van der Waals surface area contributed by atoms with Crippen molar-refractivity contribution in [3.05, 3.63) is 82.4 Å². The van der Waals surface area contributed by atoms with E-state index in [0.29, 0.717) is 23.3 Å². The molecule has 0 bridgehead atoms. The molecule has 0 heterocycles. The number of benzene rings is 3. The van der Waals surface area contributed by atoms with Crippen LogP contribution in [0.25, 0.3) is 10.8 Å². The normalized spacial score (nSPS) is 18.7. The first-order valence-corrected chi connectivity index (χ1v) is 13.1. The van der Waals surface area contributed by atoms with E-state index in [1.54, 1.807) is 6.07 Å². The molecule has 1 aliphatic rings. The summed E-state index contributed by atoms with van der Waals surface area (Å²) in [4.78, 5) is 0. The Labute approximate surface area is 198 Å². The van der Waals surface area contributed by atoms with Gasteiger partial charge in [-0.2, -0.15) is 0 Å². The van der Waals surface area contributed by atoms with Crippen LogP contribution in [-0.4, -0.2) is 0 Å². The van der Waals surface area contributed by atoms with Gasteiger partial charge in [0, 0.05) is 5.39 Å². The summed E-state index contributed by atoms with van der Waals surface area (Å²) in [5.74, 6) is 0.209. The van der Waals surface area contributed by atoms with E-state index >= 15 is 0 Å². The van der Waals surface area contributed by atoms with E-state index in [4.69, 9.17) is 0 Å². The van der Waals surface area contributed by atoms with Gasteiger partial charge in [-0.05, 0) is 96.6 Å². The van der Waals surface area contributed by atoms with Crippen molar-refractivity contribution in [2.24, 2.45) is 5.92 Å². The maximum absolute atomic E-state index is 14.7. The monoisotopic (exact) mass is 448 g/mol. The van der Waals surface area contributed by atoms with Crippen molar-refractivity contribution in [2.45, 2.75) is 90.4 Å². The fourth-order valence-corrected chi connectivity index (χ4v) is 5.53. The largest absolute Gasteiger partial charge is 0.203 e. The van der Waals surface area contributed by atoms with E-state index in [9.17, 15) is 8.78 Å². The molecule has 0 aliphatic heterocycles. The summed E-state index contributed by atoms with van der Waals surface area (Å²) in [6.45, 7) is 4.30. The molecule has 0 radical (unpaired) electrons. The van der Waals surface area contributed by atoms with Gasteiger partial charge in [0.05, 0.1) is 0 Å². The van der Waals surface area contributed by atoms with Gasteiger partial charge in [0.2, 0.25) is 0 Å². The third-order valence-electron chi connectivity index (χ3n) is 7.76. The molecule has 0 atom stereocenters. The first-order valence-electron chi connectivity index (χ1n) is 13.1. The maximum Gasteiger partial charge on any atom is 0.166 e. The Hall–Kier alpha value is -2.22. The van der Waals surface area contributed by atoms with Crippen LogP contribution in [0.15, 0.2) is 48.5 Å². The Morgan fingerprint density at radius 2 is 1.48 bits per heavy atom. The molecule has 1 fully saturated rings. The molecular weight excluding hydrogens is 410 g/mol. The number of hydrogen-bond donors (Lipinski definition) is 0. The number of unbranched alkanes of at least 4 members (excludes halogenated alkanes) is 2. The first kappa shape index (κ1) is 23.9. The number of halogens is 2. The number of hydrogen-bond acceptors (Lipinski definition) is 0. The summed E-state index contributed by atoms with van der Waals surface area (Å²) in [5, 5.41) is 1.17. The SMILES string of the molecule is CCCCCC1CCC(c2ccc(CCc3cc4ccc(CC)cc4c(F)c3F)cc2)CC1. The standard InChI is InChI=1S/C31H38F2/c1-3-5-6-7-23-9-14-25(15-10-23)26-16-11-24(12-17-26)13-19-28-21-27-18-8-22(4-2)20-29(27)31(33)30(28)32/h8,11-12,16-18,20-21,23,25H,3-7,9-10,13-15,19H2,1-2H3. The molecule has 1 aliphatic carbocycles. The van der Waals surface area contributed by atoms with E-state index in [-0.39, 0.29) is 0 Å². The molecule has 0 unspecified atom stereocenters. The maximum atomic E-state index is 14.7. The van der Waals surface area contributed by atoms with E-state index < -0.39 is 11.6 Å². The average molecular weight is 449 g/mol.